The Bertz CT molecular complexity index is 287. The largest absolute Gasteiger partial charge is 0.462 e. The van der Waals surface area contributed by atoms with E-state index in [4.69, 9.17) is 22.1 Å². The monoisotopic (exact) mass is 215 g/mol. The average Bonchev–Trinajstić information content (AvgIpc) is 2.17. The maximum Gasteiger partial charge on any atom is 0.316 e. The number of aromatic nitrogens is 2. The number of nitrogens with two attached hydrogens (primary N) is 1. The highest BCUT2D eigenvalue weighted by Crippen LogP contribution is 2.10. The van der Waals surface area contributed by atoms with E-state index in [1.54, 1.807) is 0 Å². The summed E-state index contributed by atoms with van der Waals surface area (Å²) in [5, 5.41) is 0.489. The van der Waals surface area contributed by atoms with Crippen molar-refractivity contribution in [1.29, 1.82) is 0 Å². The molecular formula is C9H14ClN3O. The predicted molar refractivity (Wildman–Crippen MR) is 55.4 cm³/mol. The van der Waals surface area contributed by atoms with Crippen LogP contribution in [0.25, 0.3) is 0 Å². The van der Waals surface area contributed by atoms with Crippen molar-refractivity contribution in [3.8, 4) is 6.01 Å². The van der Waals surface area contributed by atoms with Crippen molar-refractivity contribution in [3.05, 3.63) is 17.4 Å². The van der Waals surface area contributed by atoms with Gasteiger partial charge in [0.25, 0.3) is 0 Å². The van der Waals surface area contributed by atoms with E-state index < -0.39 is 0 Å². The summed E-state index contributed by atoms with van der Waals surface area (Å²) in [4.78, 5) is 7.79. The average molecular weight is 216 g/mol. The lowest BCUT2D eigenvalue weighted by Crippen LogP contribution is -2.41. The second-order valence-corrected chi connectivity index (χ2v) is 3.92. The van der Waals surface area contributed by atoms with Crippen LogP contribution in [0.4, 0.5) is 0 Å². The number of rotatable bonds is 4. The fourth-order valence-electron chi connectivity index (χ4n) is 0.706. The molecule has 0 saturated heterocycles. The molecule has 1 atom stereocenters. The third-order valence-corrected chi connectivity index (χ3v) is 2.13. The molecular weight excluding hydrogens is 202 g/mol. The maximum absolute atomic E-state index is 5.89. The second kappa shape index (κ2) is 4.57. The van der Waals surface area contributed by atoms with Gasteiger partial charge in [0, 0.05) is 5.54 Å². The van der Waals surface area contributed by atoms with Crippen LogP contribution < -0.4 is 10.5 Å². The summed E-state index contributed by atoms with van der Waals surface area (Å²) in [5.41, 5.74) is 5.54. The molecule has 1 unspecified atom stereocenters. The SMILES string of the molecule is CCC(C)(N)COc1ncc(Cl)cn1. The first-order valence-electron chi connectivity index (χ1n) is 4.43. The van der Waals surface area contributed by atoms with Crippen molar-refractivity contribution >= 4 is 11.6 Å². The lowest BCUT2D eigenvalue weighted by atomic mass is 10.0. The van der Waals surface area contributed by atoms with Gasteiger partial charge < -0.3 is 10.5 Å². The third-order valence-electron chi connectivity index (χ3n) is 1.94. The van der Waals surface area contributed by atoms with Gasteiger partial charge in [0.05, 0.1) is 17.4 Å². The van der Waals surface area contributed by atoms with E-state index in [0.29, 0.717) is 17.6 Å². The molecule has 0 aromatic carbocycles. The minimum Gasteiger partial charge on any atom is -0.462 e. The molecule has 14 heavy (non-hydrogen) atoms. The van der Waals surface area contributed by atoms with Crippen LogP contribution in [-0.2, 0) is 0 Å². The Kier molecular flexibility index (Phi) is 3.66. The van der Waals surface area contributed by atoms with Crippen LogP contribution >= 0.6 is 11.6 Å². The molecule has 1 aromatic rings. The summed E-state index contributed by atoms with van der Waals surface area (Å²) < 4.78 is 5.31. The number of ether oxygens (including phenoxy) is 1. The highest BCUT2D eigenvalue weighted by molar-refractivity contribution is 6.30. The van der Waals surface area contributed by atoms with Gasteiger partial charge in [-0.05, 0) is 13.3 Å². The van der Waals surface area contributed by atoms with E-state index in [2.05, 4.69) is 9.97 Å². The van der Waals surface area contributed by atoms with Gasteiger partial charge in [-0.3, -0.25) is 0 Å². The van der Waals surface area contributed by atoms with Crippen LogP contribution in [0.3, 0.4) is 0 Å². The van der Waals surface area contributed by atoms with E-state index in [1.807, 2.05) is 13.8 Å². The molecule has 1 aromatic heterocycles. The smallest absolute Gasteiger partial charge is 0.316 e. The molecule has 0 spiro atoms. The molecule has 1 heterocycles. The van der Waals surface area contributed by atoms with Crippen molar-refractivity contribution in [2.45, 2.75) is 25.8 Å². The fourth-order valence-corrected chi connectivity index (χ4v) is 0.804. The summed E-state index contributed by atoms with van der Waals surface area (Å²) in [6.07, 6.45) is 3.81. The molecule has 0 fully saturated rings. The Morgan fingerprint density at radius 3 is 2.57 bits per heavy atom. The normalized spacial score (nSPS) is 14.9. The maximum atomic E-state index is 5.89. The van der Waals surface area contributed by atoms with Gasteiger partial charge in [-0.25, -0.2) is 9.97 Å². The lowest BCUT2D eigenvalue weighted by Gasteiger charge is -2.21. The molecule has 0 aliphatic rings. The summed E-state index contributed by atoms with van der Waals surface area (Å²) >= 11 is 5.62. The first-order chi connectivity index (χ1) is 6.53. The summed E-state index contributed by atoms with van der Waals surface area (Å²) in [6.45, 7) is 4.32. The number of hydrogen-bond acceptors (Lipinski definition) is 4. The molecule has 5 heteroatoms. The highest BCUT2D eigenvalue weighted by Gasteiger charge is 2.16. The van der Waals surface area contributed by atoms with E-state index in [9.17, 15) is 0 Å². The molecule has 0 bridgehead atoms. The van der Waals surface area contributed by atoms with Crippen LogP contribution in [0.5, 0.6) is 6.01 Å². The first kappa shape index (κ1) is 11.2. The van der Waals surface area contributed by atoms with Crippen LogP contribution in [-0.4, -0.2) is 22.1 Å². The molecule has 0 aliphatic heterocycles. The fraction of sp³-hybridized carbons (Fsp3) is 0.556. The lowest BCUT2D eigenvalue weighted by molar-refractivity contribution is 0.211. The number of hydrogen-bond donors (Lipinski definition) is 1. The zero-order valence-electron chi connectivity index (χ0n) is 8.33. The van der Waals surface area contributed by atoms with Gasteiger partial charge in [0.2, 0.25) is 0 Å². The van der Waals surface area contributed by atoms with Gasteiger partial charge in [-0.2, -0.15) is 0 Å². The summed E-state index contributed by atoms with van der Waals surface area (Å²) in [6, 6.07) is 0.305. The van der Waals surface area contributed by atoms with Crippen molar-refractivity contribution in [3.63, 3.8) is 0 Å². The van der Waals surface area contributed by atoms with Gasteiger partial charge in [0.15, 0.2) is 0 Å². The quantitative estimate of drug-likeness (QED) is 0.830. The zero-order valence-corrected chi connectivity index (χ0v) is 9.08. The predicted octanol–water partition coefficient (Wildman–Crippen LogP) is 1.64. The van der Waals surface area contributed by atoms with Crippen molar-refractivity contribution in [2.24, 2.45) is 5.73 Å². The van der Waals surface area contributed by atoms with Gasteiger partial charge in [-0.1, -0.05) is 18.5 Å². The molecule has 0 amide bonds. The van der Waals surface area contributed by atoms with Crippen LogP contribution in [0.1, 0.15) is 20.3 Å². The van der Waals surface area contributed by atoms with Gasteiger partial charge in [0.1, 0.15) is 6.61 Å². The van der Waals surface area contributed by atoms with Crippen molar-refractivity contribution in [2.75, 3.05) is 6.61 Å². The minimum absolute atomic E-state index is 0.305. The number of nitrogens with zero attached hydrogens (tertiary/aromatic N) is 2. The zero-order chi connectivity index (χ0) is 10.6. The molecule has 2 N–H and O–H groups in total. The Balaban J connectivity index is 2.50. The third kappa shape index (κ3) is 3.47. The van der Waals surface area contributed by atoms with E-state index in [1.165, 1.54) is 12.4 Å². The molecule has 1 rings (SSSR count). The van der Waals surface area contributed by atoms with Crippen molar-refractivity contribution in [1.82, 2.24) is 9.97 Å². The first-order valence-corrected chi connectivity index (χ1v) is 4.80. The molecule has 0 aliphatic carbocycles. The van der Waals surface area contributed by atoms with Crippen LogP contribution in [0.2, 0.25) is 5.02 Å². The number of halogens is 1. The van der Waals surface area contributed by atoms with Gasteiger partial charge in [-0.15, -0.1) is 0 Å². The molecule has 4 nitrogen and oxygen atoms in total. The van der Waals surface area contributed by atoms with E-state index in [0.717, 1.165) is 6.42 Å². The molecule has 0 radical (unpaired) electrons. The van der Waals surface area contributed by atoms with Crippen molar-refractivity contribution < 1.29 is 4.74 Å². The van der Waals surface area contributed by atoms with Gasteiger partial charge >= 0.3 is 6.01 Å². The van der Waals surface area contributed by atoms with E-state index in [-0.39, 0.29) is 5.54 Å². The minimum atomic E-state index is -0.344. The Hall–Kier alpha value is -0.870. The second-order valence-electron chi connectivity index (χ2n) is 3.48. The summed E-state index contributed by atoms with van der Waals surface area (Å²) in [5.74, 6) is 0. The summed E-state index contributed by atoms with van der Waals surface area (Å²) in [7, 11) is 0. The Morgan fingerprint density at radius 1 is 1.50 bits per heavy atom. The standard InChI is InChI=1S/C9H14ClN3O/c1-3-9(2,11)6-14-8-12-4-7(10)5-13-8/h4-5H,3,6,11H2,1-2H3. The molecule has 78 valence electrons. The topological polar surface area (TPSA) is 61.0 Å². The Morgan fingerprint density at radius 2 is 2.07 bits per heavy atom. The van der Waals surface area contributed by atoms with E-state index >= 15 is 0 Å². The highest BCUT2D eigenvalue weighted by atomic mass is 35.5. The molecule has 0 saturated carbocycles. The Labute approximate surface area is 88.5 Å². The van der Waals surface area contributed by atoms with Crippen LogP contribution in [0.15, 0.2) is 12.4 Å². The van der Waals surface area contributed by atoms with Crippen LogP contribution in [0, 0.1) is 0 Å².